The van der Waals surface area contributed by atoms with Gasteiger partial charge in [-0.1, -0.05) is 314 Å². The summed E-state index contributed by atoms with van der Waals surface area (Å²) in [6.07, 6.45) is 45.7. The molecule has 20 heteroatoms. The van der Waals surface area contributed by atoms with Crippen LogP contribution in [0.2, 0.25) is 0 Å². The van der Waals surface area contributed by atoms with Crippen molar-refractivity contribution in [2.75, 3.05) is 26.4 Å². The molecule has 0 aromatic heterocycles. The summed E-state index contributed by atoms with van der Waals surface area (Å²) in [6, 6.07) is 18.3. The number of carbonyl (C=O) groups is 8. The Kier molecular flexibility index (Phi) is 31.7. The summed E-state index contributed by atoms with van der Waals surface area (Å²) in [4.78, 5) is 123. The summed E-state index contributed by atoms with van der Waals surface area (Å²) < 4.78 is 84.1. The SMILES string of the molecule is CCCCCCCCCCCCOc1cc2c(OC(=O)[C@@]34CC[C@@](C)(C(=O)O3)C4(C)C)ccc(OC(=O)[C@@]34CC[C@@](C)(C(=O)O3)C4(C)C)c2c2c1ccc1c(OCCCCCCCCCCCC)c(OCCCCCCCCCCCC)c3ccc4c(OCCCCCCCCCCCC)cc5c(OC(=O)[C@@]67CC[C@@](C)(C(=O)O6)C7(C)C)ccc(OC(=O)[C@@]67CC[C@@](C)(C(=O)O6)C7(C)C)c5c4c3c12. The van der Waals surface area contributed by atoms with Gasteiger partial charge in [0.1, 0.15) is 34.5 Å². The molecule has 138 heavy (non-hydrogen) atoms. The third kappa shape index (κ3) is 18.0. The maximum absolute atomic E-state index is 16.4. The van der Waals surface area contributed by atoms with Crippen molar-refractivity contribution in [3.05, 3.63) is 60.7 Å². The van der Waals surface area contributed by atoms with Crippen molar-refractivity contribution >= 4 is 112 Å². The highest BCUT2D eigenvalue weighted by Gasteiger charge is 2.80. The van der Waals surface area contributed by atoms with Crippen molar-refractivity contribution in [2.24, 2.45) is 43.3 Å². The van der Waals surface area contributed by atoms with Crippen LogP contribution >= 0.6 is 0 Å². The topological polar surface area (TPSA) is 247 Å². The van der Waals surface area contributed by atoms with Gasteiger partial charge in [-0.3, -0.25) is 19.2 Å². The number of fused-ring (bicyclic) bond motifs is 19. The maximum Gasteiger partial charge on any atom is 0.356 e. The lowest BCUT2D eigenvalue weighted by molar-refractivity contribution is -0.176. The van der Waals surface area contributed by atoms with Gasteiger partial charge in [-0.15, -0.1) is 0 Å². The van der Waals surface area contributed by atoms with Crippen LogP contribution in [0, 0.1) is 43.3 Å². The summed E-state index contributed by atoms with van der Waals surface area (Å²) in [5.74, 6) is -3.43. The Bertz CT molecular complexity index is 5330. The molecular formula is C118H162O20. The molecule has 7 aromatic carbocycles. The molecule has 4 aliphatic carbocycles. The number of unbranched alkanes of at least 4 members (excludes halogenated alkanes) is 36. The Morgan fingerprint density at radius 2 is 0.435 bits per heavy atom. The second-order valence-corrected chi connectivity index (χ2v) is 45.6. The van der Waals surface area contributed by atoms with Gasteiger partial charge >= 0.3 is 47.8 Å². The molecule has 0 radical (unpaired) electrons. The van der Waals surface area contributed by atoms with Crippen LogP contribution in [0.3, 0.4) is 0 Å². The van der Waals surface area contributed by atoms with Crippen molar-refractivity contribution in [3.8, 4) is 46.0 Å². The highest BCUT2D eigenvalue weighted by molar-refractivity contribution is 6.39. The van der Waals surface area contributed by atoms with Crippen molar-refractivity contribution < 1.29 is 95.2 Å². The van der Waals surface area contributed by atoms with E-state index in [9.17, 15) is 19.2 Å². The van der Waals surface area contributed by atoms with Gasteiger partial charge in [-0.25, -0.2) is 19.2 Å². The van der Waals surface area contributed by atoms with Crippen LogP contribution in [0.4, 0.5) is 0 Å². The maximum atomic E-state index is 16.4. The number of hydrogen-bond acceptors (Lipinski definition) is 20. The molecule has 754 valence electrons. The lowest BCUT2D eigenvalue weighted by atomic mass is 9.66. The Morgan fingerprint density at radius 3 is 0.659 bits per heavy atom. The normalized spacial score (nSPS) is 25.3. The lowest BCUT2D eigenvalue weighted by Crippen LogP contribution is -2.50. The van der Waals surface area contributed by atoms with Crippen LogP contribution in [0.1, 0.15) is 419 Å². The van der Waals surface area contributed by atoms with Gasteiger partial charge < -0.3 is 56.8 Å². The Labute approximate surface area is 820 Å². The van der Waals surface area contributed by atoms with E-state index < -0.39 is 113 Å². The highest BCUT2D eigenvalue weighted by atomic mass is 16.6. The molecule has 4 saturated carbocycles. The summed E-state index contributed by atoms with van der Waals surface area (Å²) in [6.45, 7) is 32.6. The summed E-state index contributed by atoms with van der Waals surface area (Å²) >= 11 is 0. The zero-order chi connectivity index (χ0) is 98.5. The van der Waals surface area contributed by atoms with Gasteiger partial charge in [0.15, 0.2) is 11.5 Å². The van der Waals surface area contributed by atoms with E-state index >= 15 is 19.2 Å². The predicted molar refractivity (Wildman–Crippen MR) is 543 cm³/mol. The van der Waals surface area contributed by atoms with Crippen LogP contribution in [-0.2, 0) is 57.3 Å². The number of carbonyl (C=O) groups excluding carboxylic acids is 8. The molecule has 0 amide bonds. The number of benzene rings is 7. The molecule has 7 aromatic rings. The minimum absolute atomic E-state index is 0.0145. The zero-order valence-corrected chi connectivity index (χ0v) is 86.7. The first kappa shape index (κ1) is 103. The first-order valence-electron chi connectivity index (χ1n) is 54.3. The molecule has 4 heterocycles. The van der Waals surface area contributed by atoms with Gasteiger partial charge in [0, 0.05) is 86.3 Å². The quantitative estimate of drug-likeness (QED) is 0.0113. The molecule has 4 saturated heterocycles. The summed E-state index contributed by atoms with van der Waals surface area (Å²) in [5, 5.41) is 5.13. The Balaban J connectivity index is 1.04. The molecule has 15 rings (SSSR count). The van der Waals surface area contributed by atoms with E-state index in [4.69, 9.17) is 56.8 Å². The fourth-order valence-electron chi connectivity index (χ4n) is 25.1. The van der Waals surface area contributed by atoms with E-state index in [0.717, 1.165) is 103 Å². The van der Waals surface area contributed by atoms with E-state index in [1.165, 1.54) is 128 Å². The van der Waals surface area contributed by atoms with Crippen molar-refractivity contribution in [1.29, 1.82) is 0 Å². The van der Waals surface area contributed by atoms with Crippen molar-refractivity contribution in [2.45, 2.75) is 441 Å². The van der Waals surface area contributed by atoms with Crippen LogP contribution < -0.4 is 37.9 Å². The Morgan fingerprint density at radius 1 is 0.232 bits per heavy atom. The molecule has 8 bridgehead atoms. The second kappa shape index (κ2) is 42.3. The van der Waals surface area contributed by atoms with E-state index in [1.54, 1.807) is 24.3 Å². The summed E-state index contributed by atoms with van der Waals surface area (Å²) in [5.41, 5.74) is -15.3. The van der Waals surface area contributed by atoms with E-state index in [0.29, 0.717) is 117 Å². The third-order valence-electron chi connectivity index (χ3n) is 36.7. The molecule has 0 N–H and O–H groups in total. The smallest absolute Gasteiger partial charge is 0.356 e. The van der Waals surface area contributed by atoms with Gasteiger partial charge in [-0.2, -0.15) is 0 Å². The second-order valence-electron chi connectivity index (χ2n) is 45.6. The number of ether oxygens (including phenoxy) is 12. The van der Waals surface area contributed by atoms with Crippen molar-refractivity contribution in [3.63, 3.8) is 0 Å². The molecule has 20 nitrogen and oxygen atoms in total. The summed E-state index contributed by atoms with van der Waals surface area (Å²) in [7, 11) is 0. The molecule has 0 spiro atoms. The first-order chi connectivity index (χ1) is 66.1. The van der Waals surface area contributed by atoms with Crippen LogP contribution in [0.25, 0.3) is 64.6 Å². The molecule has 8 fully saturated rings. The number of esters is 8. The monoisotopic (exact) mass is 1900 g/mol. The van der Waals surface area contributed by atoms with Crippen molar-refractivity contribution in [1.82, 2.24) is 0 Å². The van der Waals surface area contributed by atoms with Gasteiger partial charge in [0.2, 0.25) is 22.4 Å². The van der Waals surface area contributed by atoms with Crippen LogP contribution in [0.15, 0.2) is 60.7 Å². The minimum atomic E-state index is -1.76. The molecule has 8 aliphatic rings. The zero-order valence-electron chi connectivity index (χ0n) is 86.7. The van der Waals surface area contributed by atoms with Crippen LogP contribution in [0.5, 0.6) is 46.0 Å². The number of rotatable bonds is 56. The fraction of sp³-hybridized carbons (Fsp3) is 0.678. The number of hydrogen-bond donors (Lipinski definition) is 0. The van der Waals surface area contributed by atoms with E-state index in [1.807, 2.05) is 119 Å². The average Bonchev–Trinajstić information content (AvgIpc) is 1.13. The lowest BCUT2D eigenvalue weighted by Gasteiger charge is -2.35. The van der Waals surface area contributed by atoms with E-state index in [-0.39, 0.29) is 96.7 Å². The predicted octanol–water partition coefficient (Wildman–Crippen LogP) is 29.9. The Hall–Kier alpha value is -8.94. The van der Waals surface area contributed by atoms with Gasteiger partial charge in [0.25, 0.3) is 0 Å². The van der Waals surface area contributed by atoms with Crippen LogP contribution in [-0.4, -0.2) is 96.6 Å². The largest absolute Gasteiger partial charge is 0.493 e. The molecule has 0 unspecified atom stereocenters. The average molecular weight is 1900 g/mol. The molecule has 4 aliphatic heterocycles. The fourth-order valence-corrected chi connectivity index (χ4v) is 25.1. The van der Waals surface area contributed by atoms with E-state index in [2.05, 4.69) is 27.7 Å². The standard InChI is InChI=1S/C118H162O20/c1-17-21-25-29-33-37-41-45-49-53-73-127-89-77-83-85(131-103(123)115-69-65-111(13,99(119)135-115)107(115,5)6)61-63-87(133-105(125)117-71-67-113(15,101(121)137-117)109(117,9)10)91(83)93-79(89)57-59-81-95(93)96-82(98(130-76-56-52-48-44-40-36-32-28-24-20-4)97(81)129-75-55-51-47-43-39-35-31-27-23-19-3)60-58-80-90(128-74-54-50-46-42-38-34-30-26-22-18-2)78-84-86(132-104(124)116-70-66-112(14,100(120)136-116)108(116,7)8)62-64-88(92(84)94(80)96)134-106(126)118-72-68-114(16,102(122)138-118)110(118,11)12/h57-64,77-78H,17-56,65-76H2,1-16H3/t111-,112-,113-,114-,115+,116+,117+,118+/m0/s1. The van der Waals surface area contributed by atoms with Gasteiger partial charge in [0.05, 0.1) is 48.1 Å². The first-order valence-corrected chi connectivity index (χ1v) is 54.3. The third-order valence-corrected chi connectivity index (χ3v) is 36.7. The minimum Gasteiger partial charge on any atom is -0.493 e. The molecule has 8 atom stereocenters. The molecular weight excluding hydrogens is 1740 g/mol. The highest BCUT2D eigenvalue weighted by Crippen LogP contribution is 2.71. The van der Waals surface area contributed by atoms with Gasteiger partial charge in [-0.05, 0) is 165 Å².